The molecule has 0 saturated heterocycles. The molecule has 0 saturated carbocycles. The fourth-order valence-corrected chi connectivity index (χ4v) is 3.68. The Kier molecular flexibility index (Phi) is 6.09. The Bertz CT molecular complexity index is 867. The van der Waals surface area contributed by atoms with Crippen molar-refractivity contribution in [1.82, 2.24) is 10.2 Å². The molecular formula is C22H25FN2O3. The number of nitrogens with one attached hydrogen (secondary N) is 1. The van der Waals surface area contributed by atoms with Crippen LogP contribution >= 0.6 is 0 Å². The average Bonchev–Trinajstić information content (AvgIpc) is 2.85. The minimum absolute atomic E-state index is 0.0772. The van der Waals surface area contributed by atoms with Crippen LogP contribution in [-0.4, -0.2) is 41.0 Å². The molecule has 1 heterocycles. The van der Waals surface area contributed by atoms with E-state index in [1.807, 2.05) is 13.0 Å². The molecule has 0 aliphatic carbocycles. The molecule has 0 aromatic heterocycles. The first-order valence-corrected chi connectivity index (χ1v) is 9.47. The van der Waals surface area contributed by atoms with Gasteiger partial charge < -0.3 is 10.4 Å². The molecule has 0 spiro atoms. The van der Waals surface area contributed by atoms with E-state index in [-0.39, 0.29) is 29.2 Å². The lowest BCUT2D eigenvalue weighted by molar-refractivity contribution is -0.126. The molecule has 1 aliphatic rings. The van der Waals surface area contributed by atoms with E-state index in [2.05, 4.69) is 17.1 Å². The fourth-order valence-electron chi connectivity index (χ4n) is 3.68. The molecular weight excluding hydrogens is 359 g/mol. The summed E-state index contributed by atoms with van der Waals surface area (Å²) in [5.41, 5.74) is 3.23. The van der Waals surface area contributed by atoms with E-state index < -0.39 is 5.97 Å². The molecule has 2 N–H and O–H groups in total. The van der Waals surface area contributed by atoms with Gasteiger partial charge in [-0.05, 0) is 60.2 Å². The van der Waals surface area contributed by atoms with Crippen molar-refractivity contribution in [2.75, 3.05) is 13.1 Å². The zero-order valence-electron chi connectivity index (χ0n) is 16.1. The lowest BCUT2D eigenvalue weighted by Crippen LogP contribution is -2.46. The van der Waals surface area contributed by atoms with Crippen LogP contribution in [0.5, 0.6) is 0 Å². The van der Waals surface area contributed by atoms with Gasteiger partial charge in [-0.15, -0.1) is 0 Å². The number of carbonyl (C=O) groups excluding carboxylic acids is 1. The first-order chi connectivity index (χ1) is 13.3. The summed E-state index contributed by atoms with van der Waals surface area (Å²) in [5.74, 6) is -1.13. The number of hydrogen-bond donors (Lipinski definition) is 2. The number of halogens is 1. The Morgan fingerprint density at radius 1 is 1.25 bits per heavy atom. The largest absolute Gasteiger partial charge is 0.478 e. The minimum atomic E-state index is -0.972. The zero-order valence-corrected chi connectivity index (χ0v) is 16.1. The summed E-state index contributed by atoms with van der Waals surface area (Å²) in [4.78, 5) is 25.7. The number of carbonyl (C=O) groups is 2. The smallest absolute Gasteiger partial charge is 0.335 e. The first kappa shape index (κ1) is 20.0. The predicted molar refractivity (Wildman–Crippen MR) is 105 cm³/mol. The van der Waals surface area contributed by atoms with E-state index in [4.69, 9.17) is 5.11 Å². The van der Waals surface area contributed by atoms with Gasteiger partial charge in [-0.3, -0.25) is 9.69 Å². The number of hydrogen-bond acceptors (Lipinski definition) is 3. The summed E-state index contributed by atoms with van der Waals surface area (Å²) >= 11 is 0. The molecule has 2 unspecified atom stereocenters. The van der Waals surface area contributed by atoms with E-state index in [0.717, 1.165) is 29.7 Å². The van der Waals surface area contributed by atoms with Gasteiger partial charge in [0.2, 0.25) is 5.91 Å². The molecule has 1 aliphatic heterocycles. The quantitative estimate of drug-likeness (QED) is 0.831. The number of rotatable bonds is 5. The van der Waals surface area contributed by atoms with Crippen LogP contribution in [0.15, 0.2) is 42.5 Å². The summed E-state index contributed by atoms with van der Waals surface area (Å²) in [6.07, 6.45) is 0.786. The Balaban J connectivity index is 1.59. The standard InChI is InChI=1S/C22H25FN2O3/c1-14-13-25(10-9-17-7-8-19(23)11-20(14)17)15(2)21(26)24-12-16-3-5-18(6-4-16)22(27)28/h3-8,11,14-15H,9-10,12-13H2,1-2H3,(H,24,26)(H,27,28). The molecule has 2 aromatic rings. The van der Waals surface area contributed by atoms with Crippen LogP contribution in [-0.2, 0) is 17.8 Å². The monoisotopic (exact) mass is 384 g/mol. The van der Waals surface area contributed by atoms with Gasteiger partial charge in [0.15, 0.2) is 0 Å². The summed E-state index contributed by atoms with van der Waals surface area (Å²) in [7, 11) is 0. The zero-order chi connectivity index (χ0) is 20.3. The molecule has 2 aromatic carbocycles. The maximum absolute atomic E-state index is 13.6. The Morgan fingerprint density at radius 2 is 1.96 bits per heavy atom. The van der Waals surface area contributed by atoms with Gasteiger partial charge in [0, 0.05) is 19.6 Å². The van der Waals surface area contributed by atoms with Crippen LogP contribution in [0.25, 0.3) is 0 Å². The van der Waals surface area contributed by atoms with Crippen LogP contribution in [0.4, 0.5) is 4.39 Å². The highest BCUT2D eigenvalue weighted by Gasteiger charge is 2.27. The SMILES string of the molecule is CC1CN(C(C)C(=O)NCc2ccc(C(=O)O)cc2)CCc2ccc(F)cc21. The van der Waals surface area contributed by atoms with Crippen LogP contribution < -0.4 is 5.32 Å². The van der Waals surface area contributed by atoms with Gasteiger partial charge >= 0.3 is 5.97 Å². The average molecular weight is 384 g/mol. The van der Waals surface area contributed by atoms with Crippen LogP contribution in [0.2, 0.25) is 0 Å². The van der Waals surface area contributed by atoms with Gasteiger partial charge in [-0.25, -0.2) is 9.18 Å². The maximum Gasteiger partial charge on any atom is 0.335 e. The second kappa shape index (κ2) is 8.52. The minimum Gasteiger partial charge on any atom is -0.478 e. The van der Waals surface area contributed by atoms with Crippen molar-refractivity contribution in [2.24, 2.45) is 0 Å². The van der Waals surface area contributed by atoms with E-state index in [9.17, 15) is 14.0 Å². The summed E-state index contributed by atoms with van der Waals surface area (Å²) in [6, 6.07) is 11.1. The normalized spacial score (nSPS) is 18.0. The highest BCUT2D eigenvalue weighted by molar-refractivity contribution is 5.87. The van der Waals surface area contributed by atoms with Crippen molar-refractivity contribution >= 4 is 11.9 Å². The third-order valence-electron chi connectivity index (χ3n) is 5.41. The van der Waals surface area contributed by atoms with Crippen LogP contribution in [0.1, 0.15) is 46.8 Å². The number of fused-ring (bicyclic) bond motifs is 1. The topological polar surface area (TPSA) is 69.6 Å². The van der Waals surface area contributed by atoms with Gasteiger partial charge in [0.25, 0.3) is 0 Å². The third-order valence-corrected chi connectivity index (χ3v) is 5.41. The second-order valence-corrected chi connectivity index (χ2v) is 7.38. The second-order valence-electron chi connectivity index (χ2n) is 7.38. The Hall–Kier alpha value is -2.73. The number of amides is 1. The lowest BCUT2D eigenvalue weighted by atomic mass is 9.95. The van der Waals surface area contributed by atoms with Gasteiger partial charge in [0.05, 0.1) is 11.6 Å². The predicted octanol–water partition coefficient (Wildman–Crippen LogP) is 3.19. The van der Waals surface area contributed by atoms with Crippen molar-refractivity contribution in [1.29, 1.82) is 0 Å². The molecule has 28 heavy (non-hydrogen) atoms. The fraction of sp³-hybridized carbons (Fsp3) is 0.364. The molecule has 2 atom stereocenters. The summed E-state index contributed by atoms with van der Waals surface area (Å²) < 4.78 is 13.6. The van der Waals surface area contributed by atoms with Crippen molar-refractivity contribution in [3.63, 3.8) is 0 Å². The molecule has 6 heteroatoms. The molecule has 0 fully saturated rings. The maximum atomic E-state index is 13.6. The van der Waals surface area contributed by atoms with E-state index in [0.29, 0.717) is 13.1 Å². The van der Waals surface area contributed by atoms with Gasteiger partial charge in [-0.2, -0.15) is 0 Å². The van der Waals surface area contributed by atoms with Gasteiger partial charge in [0.1, 0.15) is 5.82 Å². The molecule has 5 nitrogen and oxygen atoms in total. The molecule has 1 amide bonds. The number of aromatic carboxylic acids is 1. The molecule has 3 rings (SSSR count). The van der Waals surface area contributed by atoms with E-state index in [1.54, 1.807) is 18.2 Å². The molecule has 0 bridgehead atoms. The van der Waals surface area contributed by atoms with Crippen molar-refractivity contribution < 1.29 is 19.1 Å². The van der Waals surface area contributed by atoms with E-state index >= 15 is 0 Å². The van der Waals surface area contributed by atoms with Crippen molar-refractivity contribution in [3.05, 3.63) is 70.5 Å². The Morgan fingerprint density at radius 3 is 2.64 bits per heavy atom. The highest BCUT2D eigenvalue weighted by atomic mass is 19.1. The van der Waals surface area contributed by atoms with Crippen LogP contribution in [0.3, 0.4) is 0 Å². The number of nitrogens with zero attached hydrogens (tertiary/aromatic N) is 1. The molecule has 0 radical (unpaired) electrons. The van der Waals surface area contributed by atoms with Crippen LogP contribution in [0, 0.1) is 5.82 Å². The summed E-state index contributed by atoms with van der Waals surface area (Å²) in [5, 5.41) is 11.9. The lowest BCUT2D eigenvalue weighted by Gasteiger charge is -2.28. The van der Waals surface area contributed by atoms with Gasteiger partial charge in [-0.1, -0.05) is 25.1 Å². The highest BCUT2D eigenvalue weighted by Crippen LogP contribution is 2.27. The number of benzene rings is 2. The molecule has 148 valence electrons. The first-order valence-electron chi connectivity index (χ1n) is 9.47. The van der Waals surface area contributed by atoms with E-state index in [1.165, 1.54) is 18.2 Å². The number of carboxylic acid groups (broad SMARTS) is 1. The number of carboxylic acids is 1. The third kappa shape index (κ3) is 4.57. The summed E-state index contributed by atoms with van der Waals surface area (Å²) in [6.45, 7) is 5.72. The Labute approximate surface area is 164 Å². The van der Waals surface area contributed by atoms with Crippen molar-refractivity contribution in [3.8, 4) is 0 Å². The van der Waals surface area contributed by atoms with Crippen molar-refractivity contribution in [2.45, 2.75) is 38.8 Å².